The molecule has 6 nitrogen and oxygen atoms in total. The maximum Gasteiger partial charge on any atom is 0.416 e. The summed E-state index contributed by atoms with van der Waals surface area (Å²) >= 11 is 0. The molecule has 1 aliphatic heterocycles. The zero-order valence-electron chi connectivity index (χ0n) is 23.7. The molecule has 15 heteroatoms. The van der Waals surface area contributed by atoms with E-state index in [0.29, 0.717) is 12.1 Å². The van der Waals surface area contributed by atoms with Gasteiger partial charge in [-0.2, -0.15) is 39.5 Å². The number of nitrogens with zero attached hydrogens (tertiary/aromatic N) is 2. The Morgan fingerprint density at radius 3 is 1.81 bits per heavy atom. The van der Waals surface area contributed by atoms with Crippen molar-refractivity contribution in [1.82, 2.24) is 4.90 Å². The van der Waals surface area contributed by atoms with Crippen LogP contribution in [0, 0.1) is 0 Å². The summed E-state index contributed by atoms with van der Waals surface area (Å²) in [6.07, 6.45) is -17.0. The number of ether oxygens (including phenoxy) is 2. The lowest BCUT2D eigenvalue weighted by Crippen LogP contribution is -2.45. The molecule has 1 heterocycles. The first-order valence-electron chi connectivity index (χ1n) is 12.9. The van der Waals surface area contributed by atoms with E-state index in [4.69, 9.17) is 9.47 Å². The Hall–Kier alpha value is -3.65. The van der Waals surface area contributed by atoms with Crippen LogP contribution in [-0.4, -0.2) is 42.4 Å². The third-order valence-electron chi connectivity index (χ3n) is 6.69. The fourth-order valence-electron chi connectivity index (χ4n) is 4.94. The van der Waals surface area contributed by atoms with Gasteiger partial charge in [0.25, 0.3) is 0 Å². The number of hydrogen-bond acceptors (Lipinski definition) is 4. The molecule has 0 radical (unpaired) electrons. The van der Waals surface area contributed by atoms with Crippen molar-refractivity contribution in [2.45, 2.75) is 76.8 Å². The molecular formula is C28H29F9N2O4. The largest absolute Gasteiger partial charge is 0.453 e. The summed E-state index contributed by atoms with van der Waals surface area (Å²) in [6.45, 7) is 5.08. The Balaban J connectivity index is 2.11. The smallest absolute Gasteiger partial charge is 0.416 e. The van der Waals surface area contributed by atoms with E-state index in [1.54, 1.807) is 27.7 Å². The minimum Gasteiger partial charge on any atom is -0.453 e. The lowest BCUT2D eigenvalue weighted by atomic mass is 9.92. The third kappa shape index (κ3) is 7.85. The Kier molecular flexibility index (Phi) is 9.28. The molecule has 0 aliphatic carbocycles. The van der Waals surface area contributed by atoms with Crippen molar-refractivity contribution in [2.24, 2.45) is 0 Å². The summed E-state index contributed by atoms with van der Waals surface area (Å²) < 4.78 is 132. The summed E-state index contributed by atoms with van der Waals surface area (Å²) in [7, 11) is 0.950. The van der Waals surface area contributed by atoms with Crippen molar-refractivity contribution in [3.05, 3.63) is 64.2 Å². The summed E-state index contributed by atoms with van der Waals surface area (Å²) in [6, 6.07) is 2.64. The zero-order valence-corrected chi connectivity index (χ0v) is 23.7. The summed E-state index contributed by atoms with van der Waals surface area (Å²) in [5.74, 6) is -0.915. The second kappa shape index (κ2) is 11.8. The van der Waals surface area contributed by atoms with Crippen molar-refractivity contribution in [1.29, 1.82) is 0 Å². The average molecular weight is 629 g/mol. The van der Waals surface area contributed by atoms with Crippen LogP contribution in [0.1, 0.15) is 67.9 Å². The molecule has 2 atom stereocenters. The highest BCUT2D eigenvalue weighted by Crippen LogP contribution is 2.46. The number of halogens is 9. The molecule has 0 spiro atoms. The van der Waals surface area contributed by atoms with Crippen LogP contribution >= 0.6 is 0 Å². The molecule has 43 heavy (non-hydrogen) atoms. The van der Waals surface area contributed by atoms with Crippen molar-refractivity contribution in [3.8, 4) is 0 Å². The van der Waals surface area contributed by atoms with Crippen LogP contribution in [0.15, 0.2) is 36.4 Å². The maximum absolute atomic E-state index is 13.6. The van der Waals surface area contributed by atoms with Crippen LogP contribution in [0.5, 0.6) is 0 Å². The molecule has 0 saturated heterocycles. The van der Waals surface area contributed by atoms with Crippen molar-refractivity contribution < 1.29 is 58.6 Å². The number of hydrogen-bond donors (Lipinski definition) is 0. The number of benzene rings is 2. The normalized spacial score (nSPS) is 17.5. The van der Waals surface area contributed by atoms with Gasteiger partial charge in [-0.3, -0.25) is 4.90 Å². The summed E-state index contributed by atoms with van der Waals surface area (Å²) in [5.41, 5.74) is -5.75. The van der Waals surface area contributed by atoms with Crippen molar-refractivity contribution in [2.75, 3.05) is 18.6 Å². The van der Waals surface area contributed by atoms with Crippen LogP contribution in [0.4, 0.5) is 54.8 Å². The lowest BCUT2D eigenvalue weighted by Gasteiger charge is -2.32. The monoisotopic (exact) mass is 628 g/mol. The lowest BCUT2D eigenvalue weighted by molar-refractivity contribution is -0.143. The van der Waals surface area contributed by atoms with Crippen LogP contribution in [0.3, 0.4) is 0 Å². The van der Waals surface area contributed by atoms with Gasteiger partial charge < -0.3 is 14.4 Å². The van der Waals surface area contributed by atoms with Crippen molar-refractivity contribution in [3.63, 3.8) is 0 Å². The number of carbonyl (C=O) groups excluding carboxylic acids is 2. The molecule has 2 amide bonds. The molecule has 2 aromatic carbocycles. The summed E-state index contributed by atoms with van der Waals surface area (Å²) in [4.78, 5) is 27.9. The van der Waals surface area contributed by atoms with E-state index in [2.05, 4.69) is 0 Å². The van der Waals surface area contributed by atoms with Crippen molar-refractivity contribution >= 4 is 17.9 Å². The van der Waals surface area contributed by atoms with Crippen LogP contribution in [-0.2, 0) is 34.5 Å². The van der Waals surface area contributed by atoms with Crippen LogP contribution in [0.2, 0.25) is 0 Å². The molecule has 0 aromatic heterocycles. The van der Waals surface area contributed by atoms with E-state index < -0.39 is 83.6 Å². The quantitative estimate of drug-likeness (QED) is 0.311. The van der Waals surface area contributed by atoms with Gasteiger partial charge in [0.15, 0.2) is 0 Å². The molecule has 238 valence electrons. The van der Waals surface area contributed by atoms with Gasteiger partial charge in [0.1, 0.15) is 5.60 Å². The molecule has 1 aliphatic rings. The standard InChI is InChI=1S/C28H29F9N2O4/c1-6-21-20(19-8-7-16(26(29,30)31)12-22(19)39(21)24(41)43-25(2,3)4)14-38(23(40)42-5)13-15-9-17(27(32,33)34)11-18(10-15)28(35,36)37/h7-12,20-21H,6,13-14H2,1-5H3/t20-,21+/m0/s1. The Bertz CT molecular complexity index is 1320. The first-order chi connectivity index (χ1) is 19.6. The Morgan fingerprint density at radius 1 is 0.837 bits per heavy atom. The zero-order chi connectivity index (χ0) is 32.7. The fourth-order valence-corrected chi connectivity index (χ4v) is 4.94. The fraction of sp³-hybridized carbons (Fsp3) is 0.500. The topological polar surface area (TPSA) is 59.1 Å². The number of anilines is 1. The average Bonchev–Trinajstić information content (AvgIpc) is 3.17. The van der Waals surface area contributed by atoms with E-state index in [1.807, 2.05) is 0 Å². The predicted octanol–water partition coefficient (Wildman–Crippen LogP) is 8.63. The number of carbonyl (C=O) groups is 2. The second-order valence-corrected chi connectivity index (χ2v) is 11.0. The van der Waals surface area contributed by atoms with Gasteiger partial charge in [-0.05, 0) is 68.7 Å². The predicted molar refractivity (Wildman–Crippen MR) is 136 cm³/mol. The highest BCUT2D eigenvalue weighted by Gasteiger charge is 2.45. The Morgan fingerprint density at radius 2 is 1.37 bits per heavy atom. The van der Waals surface area contributed by atoms with Gasteiger partial charge in [-0.15, -0.1) is 0 Å². The van der Waals surface area contributed by atoms with Crippen LogP contribution < -0.4 is 4.90 Å². The number of alkyl halides is 9. The molecule has 0 N–H and O–H groups in total. The molecular weight excluding hydrogens is 599 g/mol. The first-order valence-corrected chi connectivity index (χ1v) is 12.9. The highest BCUT2D eigenvalue weighted by molar-refractivity contribution is 5.92. The molecule has 2 aromatic rings. The van der Waals surface area contributed by atoms with Crippen LogP contribution in [0.25, 0.3) is 0 Å². The van der Waals surface area contributed by atoms with Gasteiger partial charge in [-0.1, -0.05) is 13.0 Å². The van der Waals surface area contributed by atoms with E-state index in [0.717, 1.165) is 35.1 Å². The third-order valence-corrected chi connectivity index (χ3v) is 6.69. The van der Waals surface area contributed by atoms with E-state index in [1.165, 1.54) is 0 Å². The highest BCUT2D eigenvalue weighted by atomic mass is 19.4. The van der Waals surface area contributed by atoms with Gasteiger partial charge in [-0.25, -0.2) is 9.59 Å². The van der Waals surface area contributed by atoms with E-state index in [-0.39, 0.29) is 23.7 Å². The molecule has 0 unspecified atom stereocenters. The van der Waals surface area contributed by atoms with Gasteiger partial charge in [0.05, 0.1) is 29.5 Å². The first kappa shape index (κ1) is 33.8. The Labute approximate surface area is 241 Å². The second-order valence-electron chi connectivity index (χ2n) is 11.0. The SMILES string of the molecule is CC[C@@H]1[C@@H](CN(Cc2cc(C(F)(F)F)cc(C(F)(F)F)c2)C(=O)OC)c2ccc(C(F)(F)F)cc2N1C(=O)OC(C)(C)C. The van der Waals surface area contributed by atoms with Gasteiger partial charge >= 0.3 is 30.7 Å². The molecule has 0 fully saturated rings. The minimum absolute atomic E-state index is 0.0523. The maximum atomic E-state index is 13.6. The molecule has 0 saturated carbocycles. The number of amides is 2. The molecule has 0 bridgehead atoms. The van der Waals surface area contributed by atoms with E-state index >= 15 is 0 Å². The van der Waals surface area contributed by atoms with E-state index in [9.17, 15) is 49.1 Å². The summed E-state index contributed by atoms with van der Waals surface area (Å²) in [5, 5.41) is 0. The number of methoxy groups -OCH3 is 1. The van der Waals surface area contributed by atoms with Gasteiger partial charge in [0.2, 0.25) is 0 Å². The number of rotatable bonds is 5. The minimum atomic E-state index is -5.13. The van der Waals surface area contributed by atoms with Gasteiger partial charge in [0, 0.05) is 25.0 Å². The number of fused-ring (bicyclic) bond motifs is 1. The molecule has 3 rings (SSSR count).